The third-order valence-electron chi connectivity index (χ3n) is 3.60. The van der Waals surface area contributed by atoms with Gasteiger partial charge in [0.1, 0.15) is 5.75 Å². The molecule has 0 spiro atoms. The van der Waals surface area contributed by atoms with Crippen molar-refractivity contribution in [1.29, 1.82) is 0 Å². The highest BCUT2D eigenvalue weighted by Gasteiger charge is 2.43. The van der Waals surface area contributed by atoms with Gasteiger partial charge in [-0.1, -0.05) is 12.1 Å². The lowest BCUT2D eigenvalue weighted by Crippen LogP contribution is -2.55. The number of hydrogen-bond acceptors (Lipinski definition) is 4. The quantitative estimate of drug-likeness (QED) is 0.793. The fourth-order valence-corrected chi connectivity index (χ4v) is 2.31. The predicted molar refractivity (Wildman–Crippen MR) is 75.3 cm³/mol. The Labute approximate surface area is 131 Å². The number of aliphatic carboxylic acids is 1. The van der Waals surface area contributed by atoms with Crippen molar-refractivity contribution < 1.29 is 33.0 Å². The van der Waals surface area contributed by atoms with Crippen molar-refractivity contribution in [3.05, 3.63) is 29.8 Å². The molecule has 0 aliphatic carbocycles. The Morgan fingerprint density at radius 2 is 2.04 bits per heavy atom. The maximum atomic E-state index is 12.0. The minimum Gasteiger partial charge on any atom is -0.479 e. The summed E-state index contributed by atoms with van der Waals surface area (Å²) in [6, 6.07) is 5.94. The summed E-state index contributed by atoms with van der Waals surface area (Å²) in [5.41, 5.74) is -0.597. The van der Waals surface area contributed by atoms with Gasteiger partial charge < -0.3 is 19.9 Å². The van der Waals surface area contributed by atoms with Crippen molar-refractivity contribution in [1.82, 2.24) is 5.32 Å². The van der Waals surface area contributed by atoms with Crippen LogP contribution in [0.4, 0.5) is 8.78 Å². The van der Waals surface area contributed by atoms with E-state index >= 15 is 0 Å². The van der Waals surface area contributed by atoms with Crippen molar-refractivity contribution in [2.75, 3.05) is 13.2 Å². The highest BCUT2D eigenvalue weighted by Crippen LogP contribution is 2.20. The summed E-state index contributed by atoms with van der Waals surface area (Å²) in [6.45, 7) is -2.64. The molecule has 2 rings (SSSR count). The molecule has 0 aromatic heterocycles. The van der Waals surface area contributed by atoms with Crippen molar-refractivity contribution in [2.45, 2.75) is 31.4 Å². The van der Waals surface area contributed by atoms with Crippen LogP contribution >= 0.6 is 0 Å². The first-order valence-electron chi connectivity index (χ1n) is 7.07. The zero-order valence-corrected chi connectivity index (χ0v) is 12.3. The van der Waals surface area contributed by atoms with E-state index in [1.54, 1.807) is 12.1 Å². The van der Waals surface area contributed by atoms with E-state index in [9.17, 15) is 23.5 Å². The first-order chi connectivity index (χ1) is 10.9. The number of carbonyl (C=O) groups is 2. The molecule has 0 bridgehead atoms. The average molecular weight is 329 g/mol. The van der Waals surface area contributed by atoms with Crippen LogP contribution in [0.5, 0.6) is 5.75 Å². The Morgan fingerprint density at radius 1 is 1.35 bits per heavy atom. The van der Waals surface area contributed by atoms with Gasteiger partial charge in [0.15, 0.2) is 5.54 Å². The van der Waals surface area contributed by atoms with Crippen LogP contribution in [0.3, 0.4) is 0 Å². The van der Waals surface area contributed by atoms with Crippen molar-refractivity contribution in [2.24, 2.45) is 0 Å². The zero-order chi connectivity index (χ0) is 16.9. The van der Waals surface area contributed by atoms with Crippen LogP contribution < -0.4 is 10.1 Å². The molecular formula is C15H17F2NO5. The van der Waals surface area contributed by atoms with Gasteiger partial charge in [0.25, 0.3) is 0 Å². The van der Waals surface area contributed by atoms with Gasteiger partial charge in [-0.3, -0.25) is 4.79 Å². The molecule has 0 saturated carbocycles. The van der Waals surface area contributed by atoms with E-state index in [4.69, 9.17) is 4.74 Å². The molecule has 1 aromatic rings. The molecule has 1 atom stereocenters. The molecule has 1 aliphatic heterocycles. The number of halogens is 2. The van der Waals surface area contributed by atoms with Crippen LogP contribution in [-0.2, 0) is 20.7 Å². The molecule has 2 N–H and O–H groups in total. The molecule has 23 heavy (non-hydrogen) atoms. The molecule has 6 nitrogen and oxygen atoms in total. The molecule has 1 saturated heterocycles. The molecular weight excluding hydrogens is 312 g/mol. The zero-order valence-electron chi connectivity index (χ0n) is 12.3. The van der Waals surface area contributed by atoms with Crippen LogP contribution in [-0.4, -0.2) is 42.3 Å². The summed E-state index contributed by atoms with van der Waals surface area (Å²) in [4.78, 5) is 23.2. The number of hydrogen-bond donors (Lipinski definition) is 2. The molecule has 1 amide bonds. The molecule has 0 radical (unpaired) electrons. The third-order valence-corrected chi connectivity index (χ3v) is 3.60. The van der Waals surface area contributed by atoms with E-state index in [2.05, 4.69) is 10.1 Å². The Kier molecular flexibility index (Phi) is 5.49. The largest absolute Gasteiger partial charge is 0.479 e. The molecule has 126 valence electrons. The van der Waals surface area contributed by atoms with Gasteiger partial charge in [-0.15, -0.1) is 0 Å². The number of benzene rings is 1. The number of rotatable bonds is 7. The minimum absolute atomic E-state index is 0.0427. The maximum absolute atomic E-state index is 12.0. The lowest BCUT2D eigenvalue weighted by Gasteiger charge is -2.23. The van der Waals surface area contributed by atoms with Gasteiger partial charge >= 0.3 is 12.6 Å². The molecule has 1 unspecified atom stereocenters. The second-order valence-corrected chi connectivity index (χ2v) is 5.26. The van der Waals surface area contributed by atoms with Gasteiger partial charge in [0, 0.05) is 19.4 Å². The Balaban J connectivity index is 1.85. The van der Waals surface area contributed by atoms with Crippen LogP contribution in [0.15, 0.2) is 24.3 Å². The lowest BCUT2D eigenvalue weighted by atomic mass is 9.98. The Hall–Kier alpha value is -2.22. The number of carbonyl (C=O) groups excluding carboxylic acids is 1. The normalized spacial score (nSPS) is 20.5. The lowest BCUT2D eigenvalue weighted by molar-refractivity contribution is -0.147. The van der Waals surface area contributed by atoms with E-state index in [1.165, 1.54) is 12.1 Å². The van der Waals surface area contributed by atoms with E-state index in [0.29, 0.717) is 6.42 Å². The molecule has 1 heterocycles. The van der Waals surface area contributed by atoms with Gasteiger partial charge in [0.2, 0.25) is 5.91 Å². The first kappa shape index (κ1) is 17.1. The summed E-state index contributed by atoms with van der Waals surface area (Å²) < 4.78 is 33.4. The van der Waals surface area contributed by atoms with Gasteiger partial charge in [-0.2, -0.15) is 8.78 Å². The number of nitrogens with one attached hydrogen (secondary N) is 1. The second-order valence-electron chi connectivity index (χ2n) is 5.26. The van der Waals surface area contributed by atoms with Gasteiger partial charge in [-0.05, 0) is 24.1 Å². The van der Waals surface area contributed by atoms with Crippen LogP contribution in [0, 0.1) is 0 Å². The summed E-state index contributed by atoms with van der Waals surface area (Å²) in [5, 5.41) is 11.7. The highest BCUT2D eigenvalue weighted by atomic mass is 19.3. The second kappa shape index (κ2) is 7.36. The number of ether oxygens (including phenoxy) is 2. The Morgan fingerprint density at radius 3 is 2.57 bits per heavy atom. The minimum atomic E-state index is -2.88. The number of alkyl halides is 2. The predicted octanol–water partition coefficient (Wildman–Crippen LogP) is 1.58. The molecule has 1 aromatic carbocycles. The summed E-state index contributed by atoms with van der Waals surface area (Å²) >= 11 is 0. The standard InChI is InChI=1S/C15H17F2NO5/c16-14(17)23-11-4-1-10(2-5-11)3-6-12(19)18-15(13(20)21)7-8-22-9-15/h1-2,4-5,14H,3,6-9H2,(H,18,19)(H,20,21). The number of carboxylic acids is 1. The average Bonchev–Trinajstić information content (AvgIpc) is 2.96. The van der Waals surface area contributed by atoms with Gasteiger partial charge in [0.05, 0.1) is 6.61 Å². The summed E-state index contributed by atoms with van der Waals surface area (Å²) in [5.74, 6) is -1.47. The SMILES string of the molecule is O=C(CCc1ccc(OC(F)F)cc1)NC1(C(=O)O)CCOC1. The third kappa shape index (κ3) is 4.62. The van der Waals surface area contributed by atoms with Crippen LogP contribution in [0.1, 0.15) is 18.4 Å². The molecule has 8 heteroatoms. The maximum Gasteiger partial charge on any atom is 0.387 e. The smallest absolute Gasteiger partial charge is 0.387 e. The number of aryl methyl sites for hydroxylation is 1. The van der Waals surface area contributed by atoms with E-state index in [0.717, 1.165) is 5.56 Å². The summed E-state index contributed by atoms with van der Waals surface area (Å²) in [6.07, 6.45) is 0.676. The van der Waals surface area contributed by atoms with Crippen LogP contribution in [0.2, 0.25) is 0 Å². The van der Waals surface area contributed by atoms with Gasteiger partial charge in [-0.25, -0.2) is 4.79 Å². The van der Waals surface area contributed by atoms with Crippen molar-refractivity contribution >= 4 is 11.9 Å². The topological polar surface area (TPSA) is 84.9 Å². The molecule has 1 fully saturated rings. The highest BCUT2D eigenvalue weighted by molar-refractivity contribution is 5.87. The molecule has 1 aliphatic rings. The van der Waals surface area contributed by atoms with E-state index in [-0.39, 0.29) is 31.8 Å². The van der Waals surface area contributed by atoms with E-state index in [1.807, 2.05) is 0 Å². The number of amides is 1. The van der Waals surface area contributed by atoms with Crippen molar-refractivity contribution in [3.8, 4) is 5.75 Å². The Bertz CT molecular complexity index is 555. The summed E-state index contributed by atoms with van der Waals surface area (Å²) in [7, 11) is 0. The fraction of sp³-hybridized carbons (Fsp3) is 0.467. The van der Waals surface area contributed by atoms with E-state index < -0.39 is 24.0 Å². The number of carboxylic acid groups (broad SMARTS) is 1. The monoisotopic (exact) mass is 329 g/mol. The fourth-order valence-electron chi connectivity index (χ4n) is 2.31. The first-order valence-corrected chi connectivity index (χ1v) is 7.07. The van der Waals surface area contributed by atoms with Crippen molar-refractivity contribution in [3.63, 3.8) is 0 Å². The van der Waals surface area contributed by atoms with Crippen LogP contribution in [0.25, 0.3) is 0 Å².